The van der Waals surface area contributed by atoms with Gasteiger partial charge < -0.3 is 16.0 Å². The number of carbonyl (C=O) groups is 2. The van der Waals surface area contributed by atoms with Gasteiger partial charge in [-0.3, -0.25) is 9.59 Å². The monoisotopic (exact) mass is 380 g/mol. The standard InChI is InChI=1S/C20H20N4O2S/c21-18-7-5-15(12-22-18)23-19(25)20(26)24-9-2-1-3-16(24)13-4-6-17-14(11-13)8-10-27-17/h4-8,10-12,16H,1-3,9H2,(H2,21,22)(H,23,25)/t16-/m0/s1. The van der Waals surface area contributed by atoms with E-state index in [1.54, 1.807) is 28.4 Å². The highest BCUT2D eigenvalue weighted by Gasteiger charge is 2.32. The van der Waals surface area contributed by atoms with Crippen LogP contribution in [0.25, 0.3) is 10.1 Å². The van der Waals surface area contributed by atoms with E-state index in [1.807, 2.05) is 0 Å². The predicted molar refractivity (Wildman–Crippen MR) is 107 cm³/mol. The van der Waals surface area contributed by atoms with Crippen LogP contribution in [0.2, 0.25) is 0 Å². The smallest absolute Gasteiger partial charge is 0.313 e. The van der Waals surface area contributed by atoms with Gasteiger partial charge in [-0.25, -0.2) is 4.98 Å². The molecule has 0 spiro atoms. The largest absolute Gasteiger partial charge is 0.384 e. The van der Waals surface area contributed by atoms with Crippen LogP contribution in [0.1, 0.15) is 30.9 Å². The van der Waals surface area contributed by atoms with E-state index >= 15 is 0 Å². The van der Waals surface area contributed by atoms with Crippen LogP contribution in [0.4, 0.5) is 11.5 Å². The Morgan fingerprint density at radius 3 is 2.89 bits per heavy atom. The summed E-state index contributed by atoms with van der Waals surface area (Å²) in [6, 6.07) is 11.5. The van der Waals surface area contributed by atoms with E-state index < -0.39 is 11.8 Å². The van der Waals surface area contributed by atoms with Crippen LogP contribution >= 0.6 is 11.3 Å². The van der Waals surface area contributed by atoms with Gasteiger partial charge in [0, 0.05) is 11.2 Å². The molecule has 1 aliphatic rings. The average molecular weight is 380 g/mol. The Balaban J connectivity index is 1.54. The number of nitrogens with zero attached hydrogens (tertiary/aromatic N) is 2. The van der Waals surface area contributed by atoms with Crippen molar-refractivity contribution in [3.63, 3.8) is 0 Å². The highest BCUT2D eigenvalue weighted by molar-refractivity contribution is 7.17. The minimum Gasteiger partial charge on any atom is -0.384 e. The van der Waals surface area contributed by atoms with Crippen molar-refractivity contribution >= 4 is 44.7 Å². The topological polar surface area (TPSA) is 88.3 Å². The molecule has 0 saturated carbocycles. The van der Waals surface area contributed by atoms with Crippen LogP contribution in [-0.4, -0.2) is 28.2 Å². The zero-order chi connectivity index (χ0) is 18.8. The van der Waals surface area contributed by atoms with E-state index in [-0.39, 0.29) is 6.04 Å². The third-order valence-corrected chi connectivity index (χ3v) is 5.76. The van der Waals surface area contributed by atoms with Gasteiger partial charge in [-0.2, -0.15) is 0 Å². The summed E-state index contributed by atoms with van der Waals surface area (Å²) < 4.78 is 1.22. The SMILES string of the molecule is Nc1ccc(NC(=O)C(=O)N2CCCC[C@H]2c2ccc3sccc3c2)cn1. The lowest BCUT2D eigenvalue weighted by molar-refractivity contribution is -0.145. The maximum atomic E-state index is 12.8. The molecule has 3 heterocycles. The zero-order valence-electron chi connectivity index (χ0n) is 14.7. The van der Waals surface area contributed by atoms with Gasteiger partial charge in [0.05, 0.1) is 17.9 Å². The molecule has 3 N–H and O–H groups in total. The number of anilines is 2. The van der Waals surface area contributed by atoms with Gasteiger partial charge in [-0.05, 0) is 65.9 Å². The molecule has 0 radical (unpaired) electrons. The molecule has 4 rings (SSSR count). The van der Waals surface area contributed by atoms with Gasteiger partial charge in [0.1, 0.15) is 5.82 Å². The van der Waals surface area contributed by atoms with Crippen molar-refractivity contribution in [2.75, 3.05) is 17.6 Å². The third kappa shape index (κ3) is 3.64. The van der Waals surface area contributed by atoms with Crippen LogP contribution in [-0.2, 0) is 9.59 Å². The quantitative estimate of drug-likeness (QED) is 0.665. The van der Waals surface area contributed by atoms with Gasteiger partial charge in [-0.15, -0.1) is 11.3 Å². The molecule has 1 saturated heterocycles. The van der Waals surface area contributed by atoms with Crippen LogP contribution in [0.5, 0.6) is 0 Å². The number of thiophene rings is 1. The molecule has 0 aliphatic carbocycles. The summed E-state index contributed by atoms with van der Waals surface area (Å²) in [7, 11) is 0. The van der Waals surface area contributed by atoms with Gasteiger partial charge in [0.25, 0.3) is 0 Å². The molecule has 6 nitrogen and oxygen atoms in total. The van der Waals surface area contributed by atoms with Crippen molar-refractivity contribution in [3.05, 3.63) is 53.5 Å². The van der Waals surface area contributed by atoms with Gasteiger partial charge in [-0.1, -0.05) is 6.07 Å². The molecule has 0 bridgehead atoms. The number of likely N-dealkylation sites (tertiary alicyclic amines) is 1. The van der Waals surface area contributed by atoms with E-state index in [0.29, 0.717) is 18.1 Å². The lowest BCUT2D eigenvalue weighted by atomic mass is 9.94. The Kier molecular flexibility index (Phi) is 4.77. The van der Waals surface area contributed by atoms with Gasteiger partial charge in [0.15, 0.2) is 0 Å². The van der Waals surface area contributed by atoms with Crippen LogP contribution in [0.15, 0.2) is 48.0 Å². The Bertz CT molecular complexity index is 983. The average Bonchev–Trinajstić information content (AvgIpc) is 3.17. The molecule has 1 aromatic carbocycles. The number of hydrogen-bond donors (Lipinski definition) is 2. The number of nitrogens with two attached hydrogens (primary N) is 1. The molecular formula is C20H20N4O2S. The summed E-state index contributed by atoms with van der Waals surface area (Å²) in [6.45, 7) is 0.582. The number of piperidine rings is 1. The summed E-state index contributed by atoms with van der Waals surface area (Å²) in [5.74, 6) is -0.800. The molecule has 0 unspecified atom stereocenters. The Morgan fingerprint density at radius 1 is 1.19 bits per heavy atom. The second-order valence-electron chi connectivity index (χ2n) is 6.65. The molecule has 27 heavy (non-hydrogen) atoms. The summed E-state index contributed by atoms with van der Waals surface area (Å²) in [5, 5.41) is 5.85. The fourth-order valence-corrected chi connectivity index (χ4v) is 4.28. The number of aromatic nitrogens is 1. The van der Waals surface area contributed by atoms with E-state index in [9.17, 15) is 9.59 Å². The fourth-order valence-electron chi connectivity index (χ4n) is 3.51. The summed E-state index contributed by atoms with van der Waals surface area (Å²) in [4.78, 5) is 30.9. The number of carbonyl (C=O) groups excluding carboxylic acids is 2. The zero-order valence-corrected chi connectivity index (χ0v) is 15.5. The highest BCUT2D eigenvalue weighted by atomic mass is 32.1. The normalized spacial score (nSPS) is 17.0. The number of nitrogens with one attached hydrogen (secondary N) is 1. The number of nitrogen functional groups attached to an aromatic ring is 1. The van der Waals surface area contributed by atoms with Crippen LogP contribution < -0.4 is 11.1 Å². The number of fused-ring (bicyclic) bond motifs is 1. The second kappa shape index (κ2) is 7.36. The number of amides is 2. The van der Waals surface area contributed by atoms with E-state index in [1.165, 1.54) is 16.3 Å². The second-order valence-corrected chi connectivity index (χ2v) is 7.60. The lowest BCUT2D eigenvalue weighted by Gasteiger charge is -2.35. The van der Waals surface area contributed by atoms with Crippen LogP contribution in [0, 0.1) is 0 Å². The molecular weight excluding hydrogens is 360 g/mol. The lowest BCUT2D eigenvalue weighted by Crippen LogP contribution is -2.44. The minimum absolute atomic E-state index is 0.0779. The van der Waals surface area contributed by atoms with Crippen molar-refractivity contribution in [3.8, 4) is 0 Å². The molecule has 1 atom stereocenters. The van der Waals surface area contributed by atoms with Gasteiger partial charge in [0.2, 0.25) is 0 Å². The van der Waals surface area contributed by atoms with E-state index in [4.69, 9.17) is 5.73 Å². The van der Waals surface area contributed by atoms with Crippen molar-refractivity contribution in [1.82, 2.24) is 9.88 Å². The summed E-state index contributed by atoms with van der Waals surface area (Å²) >= 11 is 1.70. The summed E-state index contributed by atoms with van der Waals surface area (Å²) in [5.41, 5.74) is 7.08. The van der Waals surface area contributed by atoms with E-state index in [2.05, 4.69) is 39.9 Å². The number of benzene rings is 1. The van der Waals surface area contributed by atoms with Crippen molar-refractivity contribution in [1.29, 1.82) is 0 Å². The van der Waals surface area contributed by atoms with Crippen molar-refractivity contribution < 1.29 is 9.59 Å². The fraction of sp³-hybridized carbons (Fsp3) is 0.250. The first-order chi connectivity index (χ1) is 13.1. The summed E-state index contributed by atoms with van der Waals surface area (Å²) in [6.07, 6.45) is 4.25. The number of hydrogen-bond acceptors (Lipinski definition) is 5. The molecule has 2 aromatic heterocycles. The first-order valence-electron chi connectivity index (χ1n) is 8.92. The van der Waals surface area contributed by atoms with Crippen LogP contribution in [0.3, 0.4) is 0 Å². The van der Waals surface area contributed by atoms with E-state index in [0.717, 1.165) is 24.8 Å². The van der Waals surface area contributed by atoms with Crippen molar-refractivity contribution in [2.24, 2.45) is 0 Å². The number of pyridine rings is 1. The minimum atomic E-state index is -0.648. The highest BCUT2D eigenvalue weighted by Crippen LogP contribution is 2.33. The maximum absolute atomic E-state index is 12.8. The molecule has 3 aromatic rings. The molecule has 138 valence electrons. The van der Waals surface area contributed by atoms with Crippen molar-refractivity contribution in [2.45, 2.75) is 25.3 Å². The Hall–Kier alpha value is -2.93. The molecule has 2 amide bonds. The first kappa shape index (κ1) is 17.5. The Morgan fingerprint density at radius 2 is 2.07 bits per heavy atom. The number of rotatable bonds is 2. The maximum Gasteiger partial charge on any atom is 0.313 e. The third-order valence-electron chi connectivity index (χ3n) is 4.86. The molecule has 1 aliphatic heterocycles. The van der Waals surface area contributed by atoms with Gasteiger partial charge >= 0.3 is 11.8 Å². The predicted octanol–water partition coefficient (Wildman–Crippen LogP) is 3.57. The Labute approximate surface area is 161 Å². The molecule has 7 heteroatoms. The first-order valence-corrected chi connectivity index (χ1v) is 9.80. The molecule has 1 fully saturated rings.